The number of imidazole rings is 1. The van der Waals surface area contributed by atoms with Crippen LogP contribution in [0.5, 0.6) is 5.75 Å². The van der Waals surface area contributed by atoms with Gasteiger partial charge in [0, 0.05) is 24.6 Å². The number of halogens is 2. The van der Waals surface area contributed by atoms with Gasteiger partial charge >= 0.3 is 6.61 Å². The Bertz CT molecular complexity index is 945. The van der Waals surface area contributed by atoms with E-state index in [-0.39, 0.29) is 17.4 Å². The maximum absolute atomic E-state index is 12.1. The highest BCUT2D eigenvalue weighted by atomic mass is 32.2. The molecular weight excluding hydrogens is 396 g/mol. The average molecular weight is 417 g/mol. The molecule has 2 aromatic carbocycles. The predicted molar refractivity (Wildman–Crippen MR) is 109 cm³/mol. The molecule has 1 amide bonds. The summed E-state index contributed by atoms with van der Waals surface area (Å²) in [5, 5.41) is 3.61. The Kier molecular flexibility index (Phi) is 7.24. The standard InChI is InChI=1S/C21H21F2N3O2S/c1-15-3-2-4-17(13-15)26-12-11-25-21(26)29-14-19(27)24-10-9-16-5-7-18(8-6-16)28-20(22)23/h2-8,11-13,20H,9-10,14H2,1H3,(H,24,27). The summed E-state index contributed by atoms with van der Waals surface area (Å²) in [6, 6.07) is 14.5. The van der Waals surface area contributed by atoms with Gasteiger partial charge in [-0.2, -0.15) is 8.78 Å². The molecular formula is C21H21F2N3O2S. The first-order valence-electron chi connectivity index (χ1n) is 9.05. The highest BCUT2D eigenvalue weighted by molar-refractivity contribution is 7.99. The van der Waals surface area contributed by atoms with Crippen LogP contribution in [0.15, 0.2) is 66.1 Å². The summed E-state index contributed by atoms with van der Waals surface area (Å²) < 4.78 is 30.6. The molecule has 0 saturated carbocycles. The van der Waals surface area contributed by atoms with E-state index in [1.807, 2.05) is 35.9 Å². The highest BCUT2D eigenvalue weighted by Gasteiger charge is 2.09. The lowest BCUT2D eigenvalue weighted by molar-refractivity contribution is -0.118. The van der Waals surface area contributed by atoms with Crippen LogP contribution in [0.4, 0.5) is 8.78 Å². The second-order valence-corrected chi connectivity index (χ2v) is 7.27. The van der Waals surface area contributed by atoms with Crippen molar-refractivity contribution >= 4 is 17.7 Å². The smallest absolute Gasteiger partial charge is 0.387 e. The molecule has 1 aromatic heterocycles. The molecule has 0 bridgehead atoms. The van der Waals surface area contributed by atoms with Crippen molar-refractivity contribution in [3.8, 4) is 11.4 Å². The maximum atomic E-state index is 12.1. The van der Waals surface area contributed by atoms with E-state index in [2.05, 4.69) is 21.1 Å². The third kappa shape index (κ3) is 6.32. The number of carbonyl (C=O) groups is 1. The number of thioether (sulfide) groups is 1. The molecule has 0 aliphatic rings. The molecule has 0 atom stereocenters. The minimum absolute atomic E-state index is 0.0913. The summed E-state index contributed by atoms with van der Waals surface area (Å²) in [4.78, 5) is 16.5. The van der Waals surface area contributed by atoms with E-state index in [0.29, 0.717) is 13.0 Å². The van der Waals surface area contributed by atoms with Crippen molar-refractivity contribution in [2.45, 2.75) is 25.1 Å². The number of rotatable bonds is 9. The van der Waals surface area contributed by atoms with Crippen LogP contribution in [0.2, 0.25) is 0 Å². The van der Waals surface area contributed by atoms with Crippen LogP contribution in [0.1, 0.15) is 11.1 Å². The molecule has 0 saturated heterocycles. The fraction of sp³-hybridized carbons (Fsp3) is 0.238. The molecule has 3 aromatic rings. The van der Waals surface area contributed by atoms with E-state index in [1.165, 1.54) is 23.9 Å². The first kappa shape index (κ1) is 20.9. The molecule has 0 fully saturated rings. The van der Waals surface area contributed by atoms with E-state index in [9.17, 15) is 13.6 Å². The van der Waals surface area contributed by atoms with Crippen LogP contribution in [0.3, 0.4) is 0 Å². The van der Waals surface area contributed by atoms with Crippen molar-refractivity contribution < 1.29 is 18.3 Å². The molecule has 3 rings (SSSR count). The topological polar surface area (TPSA) is 56.2 Å². The van der Waals surface area contributed by atoms with Crippen LogP contribution in [-0.2, 0) is 11.2 Å². The van der Waals surface area contributed by atoms with Crippen LogP contribution < -0.4 is 10.1 Å². The lowest BCUT2D eigenvalue weighted by Gasteiger charge is -2.09. The summed E-state index contributed by atoms with van der Waals surface area (Å²) in [5.74, 6) is 0.282. The van der Waals surface area contributed by atoms with Crippen molar-refractivity contribution in [3.63, 3.8) is 0 Å². The number of hydrogen-bond acceptors (Lipinski definition) is 4. The zero-order valence-electron chi connectivity index (χ0n) is 15.8. The zero-order chi connectivity index (χ0) is 20.6. The largest absolute Gasteiger partial charge is 0.435 e. The minimum Gasteiger partial charge on any atom is -0.435 e. The molecule has 0 aliphatic carbocycles. The van der Waals surface area contributed by atoms with Crippen LogP contribution in [0, 0.1) is 6.92 Å². The molecule has 5 nitrogen and oxygen atoms in total. The summed E-state index contributed by atoms with van der Waals surface area (Å²) >= 11 is 1.37. The number of carbonyl (C=O) groups excluding carboxylic acids is 1. The van der Waals surface area contributed by atoms with Crippen LogP contribution in [-0.4, -0.2) is 34.4 Å². The fourth-order valence-electron chi connectivity index (χ4n) is 2.74. The molecule has 0 spiro atoms. The Labute approximate surface area is 172 Å². The second kappa shape index (κ2) is 10.1. The molecule has 8 heteroatoms. The Morgan fingerprint density at radius 3 is 2.76 bits per heavy atom. The highest BCUT2D eigenvalue weighted by Crippen LogP contribution is 2.21. The van der Waals surface area contributed by atoms with Crippen LogP contribution in [0.25, 0.3) is 5.69 Å². The van der Waals surface area contributed by atoms with E-state index in [0.717, 1.165) is 22.0 Å². The predicted octanol–water partition coefficient (Wildman–Crippen LogP) is 4.23. The number of aromatic nitrogens is 2. The number of hydrogen-bond donors (Lipinski definition) is 1. The van der Waals surface area contributed by atoms with Gasteiger partial charge < -0.3 is 10.1 Å². The maximum Gasteiger partial charge on any atom is 0.387 e. The normalized spacial score (nSPS) is 10.9. The van der Waals surface area contributed by atoms with Gasteiger partial charge in [-0.15, -0.1) is 0 Å². The zero-order valence-corrected chi connectivity index (χ0v) is 16.7. The number of aryl methyl sites for hydroxylation is 1. The van der Waals surface area contributed by atoms with Crippen LogP contribution >= 0.6 is 11.8 Å². The minimum atomic E-state index is -2.83. The Hall–Kier alpha value is -2.87. The Morgan fingerprint density at radius 1 is 1.24 bits per heavy atom. The number of nitrogens with one attached hydrogen (secondary N) is 1. The summed E-state index contributed by atoms with van der Waals surface area (Å²) in [7, 11) is 0. The van der Waals surface area contributed by atoms with Crippen molar-refractivity contribution in [1.29, 1.82) is 0 Å². The van der Waals surface area contributed by atoms with Gasteiger partial charge in [-0.1, -0.05) is 36.0 Å². The summed E-state index contributed by atoms with van der Waals surface area (Å²) in [5.41, 5.74) is 3.08. The van der Waals surface area contributed by atoms with E-state index >= 15 is 0 Å². The van der Waals surface area contributed by atoms with Gasteiger partial charge in [0.05, 0.1) is 5.75 Å². The van der Waals surface area contributed by atoms with Gasteiger partial charge in [0.2, 0.25) is 5.91 Å². The van der Waals surface area contributed by atoms with Gasteiger partial charge in [-0.25, -0.2) is 4.98 Å². The fourth-order valence-corrected chi connectivity index (χ4v) is 3.54. The first-order chi connectivity index (χ1) is 14.0. The third-order valence-corrected chi connectivity index (χ3v) is 5.07. The monoisotopic (exact) mass is 417 g/mol. The lowest BCUT2D eigenvalue weighted by atomic mass is 10.1. The van der Waals surface area contributed by atoms with Gasteiger partial charge in [0.15, 0.2) is 5.16 Å². The quantitative estimate of drug-likeness (QED) is 0.530. The van der Waals surface area contributed by atoms with E-state index in [1.54, 1.807) is 18.3 Å². The van der Waals surface area contributed by atoms with Crippen molar-refractivity contribution in [3.05, 3.63) is 72.1 Å². The molecule has 152 valence electrons. The molecule has 29 heavy (non-hydrogen) atoms. The molecule has 0 aliphatic heterocycles. The third-order valence-electron chi connectivity index (χ3n) is 4.10. The molecule has 1 N–H and O–H groups in total. The van der Waals surface area contributed by atoms with Crippen molar-refractivity contribution in [2.24, 2.45) is 0 Å². The van der Waals surface area contributed by atoms with E-state index < -0.39 is 6.61 Å². The van der Waals surface area contributed by atoms with Gasteiger partial charge in [-0.3, -0.25) is 9.36 Å². The Morgan fingerprint density at radius 2 is 2.03 bits per heavy atom. The van der Waals surface area contributed by atoms with Crippen molar-refractivity contribution in [1.82, 2.24) is 14.9 Å². The number of benzene rings is 2. The molecule has 1 heterocycles. The SMILES string of the molecule is Cc1cccc(-n2ccnc2SCC(=O)NCCc2ccc(OC(F)F)cc2)c1. The molecule has 0 unspecified atom stereocenters. The van der Waals surface area contributed by atoms with Gasteiger partial charge in [0.25, 0.3) is 0 Å². The van der Waals surface area contributed by atoms with Gasteiger partial charge in [-0.05, 0) is 48.7 Å². The summed E-state index contributed by atoms with van der Waals surface area (Å²) in [6.07, 6.45) is 4.18. The average Bonchev–Trinajstić information content (AvgIpc) is 3.16. The van der Waals surface area contributed by atoms with Gasteiger partial charge in [0.1, 0.15) is 5.75 Å². The number of nitrogens with zero attached hydrogens (tertiary/aromatic N) is 2. The number of ether oxygens (including phenoxy) is 1. The Balaban J connectivity index is 1.45. The number of alkyl halides is 2. The van der Waals surface area contributed by atoms with Crippen molar-refractivity contribution in [2.75, 3.05) is 12.3 Å². The lowest BCUT2D eigenvalue weighted by Crippen LogP contribution is -2.27. The summed E-state index contributed by atoms with van der Waals surface area (Å²) in [6.45, 7) is -0.347. The second-order valence-electron chi connectivity index (χ2n) is 6.33. The molecule has 0 radical (unpaired) electrons. The number of amides is 1. The van der Waals surface area contributed by atoms with E-state index in [4.69, 9.17) is 0 Å². The first-order valence-corrected chi connectivity index (χ1v) is 10.0.